The number of carboxylic acids is 1. The molecule has 34 nitrogen and oxygen atoms in total. The number of fused-ring (bicyclic) bond motifs is 35. The maximum atomic E-state index is 15.1. The molecule has 0 radical (unpaired) electrons. The van der Waals surface area contributed by atoms with Gasteiger partial charge in [-0.15, -0.1) is 0 Å². The van der Waals surface area contributed by atoms with Gasteiger partial charge in [0.25, 0.3) is 5.91 Å². The maximum Gasteiger partial charge on any atom is 0.490 e. The summed E-state index contributed by atoms with van der Waals surface area (Å²) in [5.41, 5.74) is 24.3. The fourth-order valence-corrected chi connectivity index (χ4v) is 12.7. The highest BCUT2D eigenvalue weighted by Gasteiger charge is 2.48. The molecule has 22 N–H and O–H groups in total. The third-order valence-corrected chi connectivity index (χ3v) is 18.8. The number of nitrogens with one attached hydrogen (secondary N) is 12. The fourth-order valence-electron chi connectivity index (χ4n) is 12.7. The van der Waals surface area contributed by atoms with Crippen molar-refractivity contribution in [2.75, 3.05) is 39.3 Å². The Morgan fingerprint density at radius 1 is 0.459 bits per heavy atom. The summed E-state index contributed by atoms with van der Waals surface area (Å²) >= 11 is 0. The summed E-state index contributed by atoms with van der Waals surface area (Å²) in [7, 11) is 0. The summed E-state index contributed by atoms with van der Waals surface area (Å²) < 4.78 is 37.5. The highest BCUT2D eigenvalue weighted by Crippen LogP contribution is 2.25. The number of aliphatic carboxylic acids is 1. The molecule has 0 spiro atoms. The second-order valence-corrected chi connectivity index (χ2v) is 30.8. The van der Waals surface area contributed by atoms with Crippen molar-refractivity contribution < 1.29 is 95.2 Å². The van der Waals surface area contributed by atoms with Gasteiger partial charge >= 0.3 is 12.1 Å². The molecule has 4 saturated heterocycles. The topological polar surface area (TPSA) is 540 Å². The van der Waals surface area contributed by atoms with Crippen molar-refractivity contribution in [3.63, 3.8) is 0 Å². The fraction of sp³-hybridized carbons (Fsp3) is 0.730. The third-order valence-electron chi connectivity index (χ3n) is 18.8. The molecule has 4 aliphatic heterocycles. The zero-order valence-corrected chi connectivity index (χ0v) is 66.1. The molecule has 111 heavy (non-hydrogen) atoms. The number of halogens is 3. The first-order valence-corrected chi connectivity index (χ1v) is 38.5. The van der Waals surface area contributed by atoms with Crippen LogP contribution in [0.15, 0.2) is 30.3 Å². The predicted molar refractivity (Wildman–Crippen MR) is 404 cm³/mol. The third kappa shape index (κ3) is 32.2. The van der Waals surface area contributed by atoms with Gasteiger partial charge in [0.2, 0.25) is 70.9 Å². The Hall–Kier alpha value is -8.65. The van der Waals surface area contributed by atoms with Crippen molar-refractivity contribution in [2.45, 2.75) is 270 Å². The van der Waals surface area contributed by atoms with Crippen LogP contribution in [0.5, 0.6) is 0 Å². The summed E-state index contributed by atoms with van der Waals surface area (Å²) in [6.45, 7) is 21.1. The lowest BCUT2D eigenvalue weighted by Crippen LogP contribution is -2.66. The molecule has 5 rings (SSSR count). The summed E-state index contributed by atoms with van der Waals surface area (Å²) in [4.78, 5) is 198. The number of hydrogen-bond acceptors (Lipinski definition) is 20. The molecule has 0 aromatic heterocycles. The lowest BCUT2D eigenvalue weighted by Gasteiger charge is -2.41. The van der Waals surface area contributed by atoms with Gasteiger partial charge in [0.15, 0.2) is 6.10 Å². The van der Waals surface area contributed by atoms with Gasteiger partial charge in [-0.2, -0.15) is 13.2 Å². The number of carbonyl (C=O) groups is 14. The van der Waals surface area contributed by atoms with Crippen molar-refractivity contribution in [1.29, 1.82) is 0 Å². The number of benzene rings is 1. The number of nitrogens with zero attached hydrogens (tertiary/aromatic N) is 1. The molecule has 13 amide bonds. The van der Waals surface area contributed by atoms with Crippen LogP contribution in [0.2, 0.25) is 0 Å². The first-order valence-electron chi connectivity index (χ1n) is 38.5. The van der Waals surface area contributed by atoms with Gasteiger partial charge in [-0.1, -0.05) is 113 Å². The number of hydrogen-bond donors (Lipinski definition) is 18. The van der Waals surface area contributed by atoms with Crippen molar-refractivity contribution in [2.24, 2.45) is 58.4 Å². The van der Waals surface area contributed by atoms with E-state index in [1.165, 1.54) is 4.90 Å². The molecule has 2 bridgehead atoms. The van der Waals surface area contributed by atoms with E-state index >= 15 is 4.79 Å². The van der Waals surface area contributed by atoms with Crippen molar-refractivity contribution in [3.8, 4) is 0 Å². The monoisotopic (exact) mass is 1580 g/mol. The largest absolute Gasteiger partial charge is 0.490 e. The van der Waals surface area contributed by atoms with Crippen LogP contribution in [0.3, 0.4) is 0 Å². The van der Waals surface area contributed by atoms with E-state index in [0.717, 1.165) is 0 Å². The Kier molecular flexibility index (Phi) is 41.4. The molecule has 15 atom stereocenters. The van der Waals surface area contributed by atoms with Gasteiger partial charge in [0.1, 0.15) is 84.7 Å². The summed E-state index contributed by atoms with van der Waals surface area (Å²) in [5, 5.41) is 51.5. The van der Waals surface area contributed by atoms with Crippen LogP contribution in [0.1, 0.15) is 172 Å². The minimum absolute atomic E-state index is 0.00449. The summed E-state index contributed by atoms with van der Waals surface area (Å²) in [5.74, 6) is -14.9. The molecule has 628 valence electrons. The number of aliphatic hydroxyl groups excluding tert-OH is 1. The van der Waals surface area contributed by atoms with Gasteiger partial charge in [0, 0.05) is 19.5 Å². The Bertz CT molecular complexity index is 3240. The quantitative estimate of drug-likeness (QED) is 0.0555. The van der Waals surface area contributed by atoms with E-state index in [0.29, 0.717) is 12.0 Å². The van der Waals surface area contributed by atoms with Crippen LogP contribution in [0, 0.1) is 35.5 Å². The first-order chi connectivity index (χ1) is 52.1. The smallest absolute Gasteiger partial charge is 0.475 e. The molecular formula is C74H124F3N17O17. The maximum absolute atomic E-state index is 15.1. The molecule has 0 aliphatic carbocycles. The number of amides is 13. The van der Waals surface area contributed by atoms with Crippen LogP contribution in [-0.4, -0.2) is 234 Å². The average molecular weight is 1580 g/mol. The lowest BCUT2D eigenvalue weighted by atomic mass is 9.97. The summed E-state index contributed by atoms with van der Waals surface area (Å²) in [6, 6.07) is -6.44. The van der Waals surface area contributed by atoms with Gasteiger partial charge in [0.05, 0.1) is 0 Å². The van der Waals surface area contributed by atoms with Gasteiger partial charge in [-0.3, -0.25) is 62.3 Å². The molecule has 4 fully saturated rings. The molecule has 1 aromatic carbocycles. The minimum Gasteiger partial charge on any atom is -0.475 e. The number of alkyl halides is 3. The van der Waals surface area contributed by atoms with Gasteiger partial charge in [-0.25, -0.2) is 4.79 Å². The minimum atomic E-state index is -5.08. The second-order valence-electron chi connectivity index (χ2n) is 30.8. The highest BCUT2D eigenvalue weighted by molar-refractivity contribution is 6.00. The SMILES string of the molecule is CC(C)C[C@@H]1NC(=O)[C@H](CCCN)NC(=O)[C@H](C(C)C)NC(=O)[C@@H]2CCCN2C(=O)[C@@H](Cc2ccccc2)NC(=O)[C@H](CC(C)C)NC(=O)[C@H](CCCN)NC(=O)[C@H](C(C)C)NC(=O)[C@H](CCCN)NC(=O)[C@H](CC(C)C)NC(=O)[C@@H]2O[C@H](CNC(=O)[C@H](C(C)C)NC(=O)[C@H](CCCN)NC1=O)[C@H]2O.O=C(O)C(F)(F)F. The standard InChI is InChI=1S/C72H123N17O15.C2HF3O2/c1-38(2)33-49-64(95)78-47(25-18-30-75)62(93)86-55(41(7)8)68(99)77-37-54-58(90)59(104-54)71(102)84-51(35-40(5)6)65(96)79-48(26-19-31-76)63(94)87-56(42(9)10)69(100)80-45(23-16-28-73)61(92)83-50(34-39(3)4)66(97)85-52(36-44-21-14-13-15-22-44)72(103)89-32-20-27-53(89)67(98)88-57(43(11)12)70(101)81-46(24-17-29-74)60(91)82-49;3-2(4,5)1(6)7/h13-15,21-22,38-43,45-59,90H,16-20,23-37,73-76H2,1-12H3,(H,77,99)(H,78,95)(H,79,96)(H,80,100)(H,81,101)(H,82,91)(H,83,92)(H,84,102)(H,85,97)(H,86,93)(H,87,94)(H,88,98);(H,6,7)/t45-,46-,47-,48-,49-,50-,51-,52+,53-,54+,55-,56-,57-,58+,59+;/m0./s1. The molecule has 37 heteroatoms. The van der Waals surface area contributed by atoms with Crippen LogP contribution < -0.4 is 86.7 Å². The number of carboxylic acid groups (broad SMARTS) is 1. The van der Waals surface area contributed by atoms with E-state index in [9.17, 15) is 75.8 Å². The van der Waals surface area contributed by atoms with Gasteiger partial charge < -0.3 is 107 Å². The number of aliphatic hydroxyl groups is 1. The van der Waals surface area contributed by atoms with E-state index in [2.05, 4.69) is 63.8 Å². The number of nitrogens with two attached hydrogens (primary N) is 4. The Morgan fingerprint density at radius 3 is 1.12 bits per heavy atom. The second kappa shape index (κ2) is 47.7. The van der Waals surface area contributed by atoms with E-state index in [-0.39, 0.29) is 140 Å². The molecular weight excluding hydrogens is 1460 g/mol. The predicted octanol–water partition coefficient (Wildman–Crippen LogP) is -1.49. The Morgan fingerprint density at radius 2 is 0.775 bits per heavy atom. The lowest BCUT2D eigenvalue weighted by molar-refractivity contribution is -0.217. The Labute approximate surface area is 647 Å². The normalized spacial score (nSPS) is 27.1. The summed E-state index contributed by atoms with van der Waals surface area (Å²) in [6.07, 6.45) is -7.54. The number of ether oxygens (including phenoxy) is 1. The van der Waals surface area contributed by atoms with Gasteiger partial charge in [-0.05, 0) is 151 Å². The molecule has 1 aromatic rings. The Balaban J connectivity index is 0.00000433. The van der Waals surface area contributed by atoms with Crippen LogP contribution in [-0.2, 0) is 78.3 Å². The molecule has 0 saturated carbocycles. The van der Waals surface area contributed by atoms with E-state index in [1.807, 2.05) is 27.7 Å². The average Bonchev–Trinajstić information content (AvgIpc) is 1.63. The number of carbonyl (C=O) groups excluding carboxylic acids is 13. The highest BCUT2D eigenvalue weighted by atomic mass is 19.4. The van der Waals surface area contributed by atoms with Crippen molar-refractivity contribution in [3.05, 3.63) is 35.9 Å². The van der Waals surface area contributed by atoms with Crippen LogP contribution in [0.4, 0.5) is 13.2 Å². The van der Waals surface area contributed by atoms with Crippen molar-refractivity contribution in [1.82, 2.24) is 68.7 Å². The zero-order valence-electron chi connectivity index (χ0n) is 66.1. The van der Waals surface area contributed by atoms with E-state index < -0.39 is 198 Å². The number of rotatable bonds is 23. The zero-order chi connectivity index (χ0) is 83.7. The molecule has 4 heterocycles. The van der Waals surface area contributed by atoms with Crippen LogP contribution >= 0.6 is 0 Å². The van der Waals surface area contributed by atoms with Crippen molar-refractivity contribution >= 4 is 82.8 Å². The first kappa shape index (κ1) is 96.5. The van der Waals surface area contributed by atoms with E-state index in [1.54, 1.807) is 85.7 Å². The van der Waals surface area contributed by atoms with Crippen LogP contribution in [0.25, 0.3) is 0 Å². The molecule has 0 unspecified atom stereocenters. The molecule has 4 aliphatic rings. The van der Waals surface area contributed by atoms with E-state index in [4.69, 9.17) is 37.6 Å².